The molecule has 1 amide bonds. The van der Waals surface area contributed by atoms with E-state index in [1.54, 1.807) is 18.0 Å². The van der Waals surface area contributed by atoms with Crippen molar-refractivity contribution in [3.8, 4) is 5.69 Å². The second-order valence-electron chi connectivity index (χ2n) is 7.01. The number of nitrogens with one attached hydrogen (secondary N) is 1. The van der Waals surface area contributed by atoms with Crippen LogP contribution < -0.4 is 5.32 Å². The van der Waals surface area contributed by atoms with Crippen LogP contribution in [0.2, 0.25) is 0 Å². The van der Waals surface area contributed by atoms with Crippen molar-refractivity contribution in [2.45, 2.75) is 24.2 Å². The predicted octanol–water partition coefficient (Wildman–Crippen LogP) is 3.60. The van der Waals surface area contributed by atoms with E-state index in [4.69, 9.17) is 0 Å². The Hall–Kier alpha value is -2.57. The highest BCUT2D eigenvalue weighted by molar-refractivity contribution is 7.98. The van der Waals surface area contributed by atoms with Gasteiger partial charge in [0.1, 0.15) is 0 Å². The molecule has 1 atom stereocenters. The van der Waals surface area contributed by atoms with Gasteiger partial charge in [0.25, 0.3) is 5.91 Å². The molecule has 2 aromatic carbocycles. The van der Waals surface area contributed by atoms with Crippen LogP contribution in [0.3, 0.4) is 0 Å². The lowest BCUT2D eigenvalue weighted by molar-refractivity contribution is 0.0937. The lowest BCUT2D eigenvalue weighted by Gasteiger charge is -2.17. The Bertz CT molecular complexity index is 923. The van der Waals surface area contributed by atoms with E-state index in [-0.39, 0.29) is 11.9 Å². The zero-order valence-corrected chi connectivity index (χ0v) is 16.7. The average molecular weight is 393 g/mol. The summed E-state index contributed by atoms with van der Waals surface area (Å²) in [5.41, 5.74) is 3.01. The van der Waals surface area contributed by atoms with Gasteiger partial charge in [0, 0.05) is 49.3 Å². The molecule has 6 heteroatoms. The topological polar surface area (TPSA) is 50.2 Å². The van der Waals surface area contributed by atoms with Crippen LogP contribution in [0.15, 0.2) is 72.1 Å². The molecule has 1 aliphatic rings. The van der Waals surface area contributed by atoms with E-state index < -0.39 is 0 Å². The third kappa shape index (κ3) is 4.29. The second kappa shape index (κ2) is 8.63. The summed E-state index contributed by atoms with van der Waals surface area (Å²) in [6, 6.07) is 18.4. The number of imidazole rings is 1. The number of hydrogen-bond acceptors (Lipinski definition) is 4. The van der Waals surface area contributed by atoms with E-state index >= 15 is 0 Å². The molecule has 4 rings (SSSR count). The first kappa shape index (κ1) is 18.8. The molecule has 0 unspecified atom stereocenters. The number of rotatable bonds is 6. The van der Waals surface area contributed by atoms with Crippen molar-refractivity contribution in [3.05, 3.63) is 78.1 Å². The van der Waals surface area contributed by atoms with Gasteiger partial charge in [-0.25, -0.2) is 4.98 Å². The van der Waals surface area contributed by atoms with Gasteiger partial charge in [0.05, 0.1) is 0 Å². The predicted molar refractivity (Wildman–Crippen MR) is 113 cm³/mol. The quantitative estimate of drug-likeness (QED) is 0.651. The molecule has 1 fully saturated rings. The number of likely N-dealkylation sites (tertiary alicyclic amines) is 1. The Labute approximate surface area is 169 Å². The Morgan fingerprint density at radius 3 is 2.71 bits per heavy atom. The van der Waals surface area contributed by atoms with E-state index in [2.05, 4.69) is 39.5 Å². The molecule has 2 heterocycles. The maximum Gasteiger partial charge on any atom is 0.251 e. The summed E-state index contributed by atoms with van der Waals surface area (Å²) in [6.45, 7) is 2.84. The van der Waals surface area contributed by atoms with Gasteiger partial charge >= 0.3 is 0 Å². The highest BCUT2D eigenvalue weighted by Gasteiger charge is 2.24. The van der Waals surface area contributed by atoms with E-state index in [0.717, 1.165) is 36.9 Å². The molecule has 3 aromatic rings. The van der Waals surface area contributed by atoms with Gasteiger partial charge in [-0.15, -0.1) is 0 Å². The van der Waals surface area contributed by atoms with Crippen molar-refractivity contribution < 1.29 is 4.79 Å². The lowest BCUT2D eigenvalue weighted by atomic mass is 10.1. The summed E-state index contributed by atoms with van der Waals surface area (Å²) in [4.78, 5) is 19.3. The normalized spacial score (nSPS) is 17.0. The van der Waals surface area contributed by atoms with Crippen molar-refractivity contribution in [1.82, 2.24) is 19.8 Å². The Morgan fingerprint density at radius 2 is 1.96 bits per heavy atom. The van der Waals surface area contributed by atoms with Crippen LogP contribution in [0.4, 0.5) is 0 Å². The molecule has 0 radical (unpaired) electrons. The van der Waals surface area contributed by atoms with Crippen LogP contribution in [0.1, 0.15) is 22.3 Å². The molecule has 1 aromatic heterocycles. The summed E-state index contributed by atoms with van der Waals surface area (Å²) in [7, 11) is 0. The van der Waals surface area contributed by atoms with Crippen LogP contribution in [-0.2, 0) is 6.54 Å². The number of carbonyl (C=O) groups is 1. The Kier molecular flexibility index (Phi) is 5.78. The van der Waals surface area contributed by atoms with E-state index in [9.17, 15) is 4.79 Å². The minimum Gasteiger partial charge on any atom is -0.348 e. The minimum atomic E-state index is -0.00571. The van der Waals surface area contributed by atoms with Gasteiger partial charge in [0.2, 0.25) is 0 Å². The summed E-state index contributed by atoms with van der Waals surface area (Å²) in [6.07, 6.45) is 6.71. The van der Waals surface area contributed by atoms with Crippen LogP contribution in [-0.4, -0.2) is 45.7 Å². The monoisotopic (exact) mass is 392 g/mol. The van der Waals surface area contributed by atoms with Crippen molar-refractivity contribution in [1.29, 1.82) is 0 Å². The van der Waals surface area contributed by atoms with Crippen LogP contribution in [0.25, 0.3) is 5.69 Å². The van der Waals surface area contributed by atoms with E-state index in [0.29, 0.717) is 5.56 Å². The fourth-order valence-electron chi connectivity index (χ4n) is 3.62. The molecular formula is C22H24N4OS. The molecule has 28 heavy (non-hydrogen) atoms. The first-order valence-electron chi connectivity index (χ1n) is 9.48. The zero-order chi connectivity index (χ0) is 19.3. The maximum absolute atomic E-state index is 12.6. The summed E-state index contributed by atoms with van der Waals surface area (Å²) < 4.78 is 2.02. The molecule has 0 aliphatic carbocycles. The molecule has 0 saturated carbocycles. The van der Waals surface area contributed by atoms with Gasteiger partial charge < -0.3 is 5.32 Å². The summed E-state index contributed by atoms with van der Waals surface area (Å²) in [5, 5.41) is 4.12. The fraction of sp³-hybridized carbons (Fsp3) is 0.273. The lowest BCUT2D eigenvalue weighted by Crippen LogP contribution is -2.36. The Balaban J connectivity index is 1.34. The van der Waals surface area contributed by atoms with Crippen molar-refractivity contribution in [3.63, 3.8) is 0 Å². The van der Waals surface area contributed by atoms with E-state index in [1.165, 1.54) is 5.56 Å². The highest BCUT2D eigenvalue weighted by Crippen LogP contribution is 2.19. The SMILES string of the molecule is CSc1nccn1-c1ccc(C(=O)N[C@H]2CCN(Cc3ccccc3)C2)cc1. The van der Waals surface area contributed by atoms with Crippen LogP contribution in [0.5, 0.6) is 0 Å². The molecule has 144 valence electrons. The van der Waals surface area contributed by atoms with Crippen molar-refractivity contribution >= 4 is 17.7 Å². The molecule has 1 aliphatic heterocycles. The number of benzene rings is 2. The number of thioether (sulfide) groups is 1. The molecule has 1 N–H and O–H groups in total. The van der Waals surface area contributed by atoms with Crippen molar-refractivity contribution in [2.24, 2.45) is 0 Å². The number of nitrogens with zero attached hydrogens (tertiary/aromatic N) is 3. The number of amides is 1. The fourth-order valence-corrected chi connectivity index (χ4v) is 4.14. The average Bonchev–Trinajstić information content (AvgIpc) is 3.38. The number of hydrogen-bond donors (Lipinski definition) is 1. The third-order valence-electron chi connectivity index (χ3n) is 5.05. The molecular weight excluding hydrogens is 368 g/mol. The minimum absolute atomic E-state index is 0.00571. The largest absolute Gasteiger partial charge is 0.348 e. The van der Waals surface area contributed by atoms with Crippen LogP contribution in [0, 0.1) is 0 Å². The van der Waals surface area contributed by atoms with E-state index in [1.807, 2.05) is 47.4 Å². The first-order valence-corrected chi connectivity index (χ1v) is 10.7. The number of aromatic nitrogens is 2. The summed E-state index contributed by atoms with van der Waals surface area (Å²) >= 11 is 1.60. The molecule has 5 nitrogen and oxygen atoms in total. The standard InChI is InChI=1S/C22H24N4OS/c1-28-22-23-12-14-26(22)20-9-7-18(8-10-20)21(27)24-19-11-13-25(16-19)15-17-5-3-2-4-6-17/h2-10,12,14,19H,11,13,15-16H2,1H3,(H,24,27)/t19-/m0/s1. The highest BCUT2D eigenvalue weighted by atomic mass is 32.2. The maximum atomic E-state index is 12.6. The smallest absolute Gasteiger partial charge is 0.251 e. The second-order valence-corrected chi connectivity index (χ2v) is 7.78. The molecule has 1 saturated heterocycles. The van der Waals surface area contributed by atoms with Crippen LogP contribution >= 0.6 is 11.8 Å². The summed E-state index contributed by atoms with van der Waals surface area (Å²) in [5.74, 6) is -0.00571. The number of carbonyl (C=O) groups excluding carboxylic acids is 1. The molecule has 0 spiro atoms. The van der Waals surface area contributed by atoms with Gasteiger partial charge in [0.15, 0.2) is 5.16 Å². The zero-order valence-electron chi connectivity index (χ0n) is 15.9. The van der Waals surface area contributed by atoms with Gasteiger partial charge in [-0.2, -0.15) is 0 Å². The van der Waals surface area contributed by atoms with Gasteiger partial charge in [-0.3, -0.25) is 14.3 Å². The van der Waals surface area contributed by atoms with Gasteiger partial charge in [-0.05, 0) is 42.5 Å². The Morgan fingerprint density at radius 1 is 1.18 bits per heavy atom. The van der Waals surface area contributed by atoms with Gasteiger partial charge in [-0.1, -0.05) is 42.1 Å². The first-order chi connectivity index (χ1) is 13.7. The third-order valence-corrected chi connectivity index (χ3v) is 5.72. The van der Waals surface area contributed by atoms with Crippen molar-refractivity contribution in [2.75, 3.05) is 19.3 Å². The molecule has 0 bridgehead atoms.